The number of hydrogen-bond donors (Lipinski definition) is 0. The number of nitrogens with zero attached hydrogens (tertiary/aromatic N) is 2. The summed E-state index contributed by atoms with van der Waals surface area (Å²) in [6.07, 6.45) is 0.918. The van der Waals surface area contributed by atoms with Crippen molar-refractivity contribution in [2.75, 3.05) is 64.1 Å². The summed E-state index contributed by atoms with van der Waals surface area (Å²) in [5, 5.41) is 0. The van der Waals surface area contributed by atoms with Crippen molar-refractivity contribution in [2.45, 2.75) is 29.2 Å². The molecule has 8 heteroatoms. The summed E-state index contributed by atoms with van der Waals surface area (Å²) in [5.74, 6) is 2.13. The minimum atomic E-state index is -0.0467. The average Bonchev–Trinajstić information content (AvgIpc) is 2.92. The molecule has 0 bridgehead atoms. The topological polar surface area (TPSA) is 64.4 Å². The largest absolute Gasteiger partial charge is 0.489 e. The Morgan fingerprint density at radius 1 is 0.946 bits per heavy atom. The van der Waals surface area contributed by atoms with E-state index in [9.17, 15) is 4.79 Å². The third-order valence-corrected chi connectivity index (χ3v) is 8.32. The van der Waals surface area contributed by atoms with Crippen molar-refractivity contribution in [1.29, 1.82) is 0 Å². The van der Waals surface area contributed by atoms with Gasteiger partial charge in [-0.05, 0) is 42.7 Å². The molecule has 7 nitrogen and oxygen atoms in total. The minimum Gasteiger partial charge on any atom is -0.489 e. The van der Waals surface area contributed by atoms with Crippen LogP contribution in [0.4, 0.5) is 5.88 Å². The third-order valence-electron chi connectivity index (χ3n) is 7.02. The molecular weight excluding hydrogens is 488 g/mol. The molecule has 1 atom stereocenters. The summed E-state index contributed by atoms with van der Waals surface area (Å²) in [4.78, 5) is 19.4. The molecule has 3 aliphatic rings. The lowest BCUT2D eigenvalue weighted by Crippen LogP contribution is -2.41. The number of benzene rings is 2. The van der Waals surface area contributed by atoms with E-state index in [2.05, 4.69) is 41.0 Å². The van der Waals surface area contributed by atoms with Gasteiger partial charge in [-0.15, -0.1) is 0 Å². The maximum absolute atomic E-state index is 12.6. The Bertz CT molecular complexity index is 1310. The standard InChI is InChI=1S/C29H32N2O5S/c1-20(19-30-7-11-33-12-8-30)35-24-5-6-27-22(16-24)15-21-3-2-4-25(29(21)37-27)26-17-23(32)18-28(36-26)31-9-13-34-14-10-31/h2-6,16-18,20H,7-15,19H2,1H3/t20-/m0/s1. The molecule has 0 aliphatic carbocycles. The Balaban J connectivity index is 1.22. The first-order chi connectivity index (χ1) is 18.1. The van der Waals surface area contributed by atoms with Gasteiger partial charge in [-0.25, -0.2) is 0 Å². The highest BCUT2D eigenvalue weighted by Gasteiger charge is 2.23. The first-order valence-electron chi connectivity index (χ1n) is 13.0. The van der Waals surface area contributed by atoms with Gasteiger partial charge >= 0.3 is 0 Å². The normalized spacial score (nSPS) is 18.7. The van der Waals surface area contributed by atoms with Crippen LogP contribution in [0.1, 0.15) is 18.1 Å². The van der Waals surface area contributed by atoms with Gasteiger partial charge in [0.25, 0.3) is 0 Å². The summed E-state index contributed by atoms with van der Waals surface area (Å²) >= 11 is 1.73. The van der Waals surface area contributed by atoms with Gasteiger partial charge in [-0.3, -0.25) is 9.69 Å². The van der Waals surface area contributed by atoms with E-state index in [1.807, 2.05) is 12.1 Å². The van der Waals surface area contributed by atoms with Crippen molar-refractivity contribution in [1.82, 2.24) is 4.90 Å². The molecule has 2 aromatic carbocycles. The molecule has 4 heterocycles. The molecule has 37 heavy (non-hydrogen) atoms. The predicted octanol–water partition coefficient (Wildman–Crippen LogP) is 4.30. The van der Waals surface area contributed by atoms with Crippen LogP contribution in [0.5, 0.6) is 5.75 Å². The Hall–Kier alpha value is -2.78. The fraction of sp³-hybridized carbons (Fsp3) is 0.414. The van der Waals surface area contributed by atoms with Crippen LogP contribution in [-0.2, 0) is 15.9 Å². The lowest BCUT2D eigenvalue weighted by atomic mass is 10.0. The first kappa shape index (κ1) is 24.6. The maximum atomic E-state index is 12.6. The average molecular weight is 521 g/mol. The van der Waals surface area contributed by atoms with E-state index in [0.717, 1.165) is 68.6 Å². The third kappa shape index (κ3) is 5.57. The molecule has 0 radical (unpaired) electrons. The quantitative estimate of drug-likeness (QED) is 0.373. The lowest BCUT2D eigenvalue weighted by molar-refractivity contribution is 0.0218. The Kier molecular flexibility index (Phi) is 7.24. The molecule has 0 saturated carbocycles. The van der Waals surface area contributed by atoms with Gasteiger partial charge in [0.05, 0.1) is 26.4 Å². The molecule has 3 aliphatic heterocycles. The van der Waals surface area contributed by atoms with Gasteiger partial charge in [0, 0.05) is 60.2 Å². The van der Waals surface area contributed by atoms with Crippen molar-refractivity contribution in [3.63, 3.8) is 0 Å². The molecule has 1 aromatic heterocycles. The van der Waals surface area contributed by atoms with Gasteiger partial charge in [-0.2, -0.15) is 0 Å². The second-order valence-corrected chi connectivity index (χ2v) is 10.8. The lowest BCUT2D eigenvalue weighted by Gasteiger charge is -2.29. The molecule has 0 amide bonds. The fourth-order valence-corrected chi connectivity index (χ4v) is 6.34. The first-order valence-corrected chi connectivity index (χ1v) is 13.8. The van der Waals surface area contributed by atoms with Crippen molar-refractivity contribution in [3.8, 4) is 17.1 Å². The summed E-state index contributed by atoms with van der Waals surface area (Å²) in [6, 6.07) is 15.8. The van der Waals surface area contributed by atoms with Gasteiger partial charge < -0.3 is 23.5 Å². The molecule has 0 unspecified atom stereocenters. The molecule has 2 fully saturated rings. The number of hydrogen-bond acceptors (Lipinski definition) is 8. The van der Waals surface area contributed by atoms with Crippen LogP contribution >= 0.6 is 11.8 Å². The van der Waals surface area contributed by atoms with Crippen molar-refractivity contribution < 1.29 is 18.6 Å². The zero-order valence-electron chi connectivity index (χ0n) is 21.1. The van der Waals surface area contributed by atoms with E-state index in [1.54, 1.807) is 23.9 Å². The van der Waals surface area contributed by atoms with Crippen LogP contribution in [0.25, 0.3) is 11.3 Å². The zero-order valence-corrected chi connectivity index (χ0v) is 21.9. The van der Waals surface area contributed by atoms with Crippen LogP contribution in [0.2, 0.25) is 0 Å². The molecule has 0 N–H and O–H groups in total. The van der Waals surface area contributed by atoms with E-state index in [4.69, 9.17) is 18.6 Å². The molecule has 0 spiro atoms. The van der Waals surface area contributed by atoms with Crippen molar-refractivity contribution in [2.24, 2.45) is 0 Å². The zero-order chi connectivity index (χ0) is 25.2. The summed E-state index contributed by atoms with van der Waals surface area (Å²) in [5.41, 5.74) is 3.40. The van der Waals surface area contributed by atoms with Crippen LogP contribution < -0.4 is 15.1 Å². The van der Waals surface area contributed by atoms with Crippen LogP contribution in [-0.4, -0.2) is 70.2 Å². The van der Waals surface area contributed by atoms with Crippen molar-refractivity contribution in [3.05, 3.63) is 69.9 Å². The van der Waals surface area contributed by atoms with E-state index in [0.29, 0.717) is 24.9 Å². The van der Waals surface area contributed by atoms with Gasteiger partial charge in [-0.1, -0.05) is 30.0 Å². The maximum Gasteiger partial charge on any atom is 0.200 e. The fourth-order valence-electron chi connectivity index (χ4n) is 5.17. The van der Waals surface area contributed by atoms with Crippen LogP contribution in [0.15, 0.2) is 67.5 Å². The molecule has 194 valence electrons. The van der Waals surface area contributed by atoms with Crippen molar-refractivity contribution >= 4 is 17.6 Å². The monoisotopic (exact) mass is 520 g/mol. The SMILES string of the molecule is C[C@@H](CN1CCOCC1)Oc1ccc2c(c1)Cc1cccc(-c3cc(=O)cc(N4CCOCC4)o3)c1S2. The molecular formula is C29H32N2O5S. The highest BCUT2D eigenvalue weighted by Crippen LogP contribution is 2.45. The van der Waals surface area contributed by atoms with E-state index >= 15 is 0 Å². The van der Waals surface area contributed by atoms with Gasteiger partial charge in [0.15, 0.2) is 11.3 Å². The second kappa shape index (κ2) is 10.9. The Morgan fingerprint density at radius 2 is 1.73 bits per heavy atom. The van der Waals surface area contributed by atoms with Crippen LogP contribution in [0.3, 0.4) is 0 Å². The van der Waals surface area contributed by atoms with E-state index < -0.39 is 0 Å². The summed E-state index contributed by atoms with van der Waals surface area (Å²) in [6.45, 7) is 9.26. The molecule has 3 aromatic rings. The highest BCUT2D eigenvalue weighted by molar-refractivity contribution is 7.99. The summed E-state index contributed by atoms with van der Waals surface area (Å²) < 4.78 is 23.5. The van der Waals surface area contributed by atoms with Gasteiger partial charge in [0.2, 0.25) is 0 Å². The number of anilines is 1. The predicted molar refractivity (Wildman–Crippen MR) is 144 cm³/mol. The second-order valence-electron chi connectivity index (χ2n) is 9.78. The minimum absolute atomic E-state index is 0.0467. The Morgan fingerprint density at radius 3 is 2.54 bits per heavy atom. The smallest absolute Gasteiger partial charge is 0.200 e. The van der Waals surface area contributed by atoms with Gasteiger partial charge in [0.1, 0.15) is 17.6 Å². The highest BCUT2D eigenvalue weighted by atomic mass is 32.2. The number of fused-ring (bicyclic) bond motifs is 2. The number of ether oxygens (including phenoxy) is 3. The Labute approximate surface area is 221 Å². The van der Waals surface area contributed by atoms with E-state index in [1.165, 1.54) is 16.0 Å². The number of rotatable bonds is 6. The summed E-state index contributed by atoms with van der Waals surface area (Å²) in [7, 11) is 0. The van der Waals surface area contributed by atoms with E-state index in [-0.39, 0.29) is 11.5 Å². The van der Waals surface area contributed by atoms with Crippen LogP contribution in [0, 0.1) is 0 Å². The molecule has 2 saturated heterocycles. The molecule has 6 rings (SSSR count). The number of morpholine rings is 2.